The molecule has 0 aromatic carbocycles. The Morgan fingerprint density at radius 3 is 2.80 bits per heavy atom. The lowest BCUT2D eigenvalue weighted by Gasteiger charge is -2.62. The van der Waals surface area contributed by atoms with Gasteiger partial charge in [-0.2, -0.15) is 5.10 Å². The zero-order valence-electron chi connectivity index (χ0n) is 15.2. The molecule has 4 atom stereocenters. The molecule has 3 fully saturated rings. The van der Waals surface area contributed by atoms with Gasteiger partial charge >= 0.3 is 5.97 Å². The number of carbonyl (C=O) groups excluding carboxylic acids is 1. The first kappa shape index (κ1) is 18.2. The van der Waals surface area contributed by atoms with Crippen molar-refractivity contribution < 1.29 is 9.53 Å². The summed E-state index contributed by atoms with van der Waals surface area (Å²) in [6, 6.07) is 0.288. The number of hydrogen-bond acceptors (Lipinski definition) is 5. The smallest absolute Gasteiger partial charge is 0.327 e. The van der Waals surface area contributed by atoms with E-state index in [1.807, 2.05) is 0 Å². The molecule has 7 heteroatoms. The maximum Gasteiger partial charge on any atom is 0.327 e. The van der Waals surface area contributed by atoms with Crippen LogP contribution in [-0.4, -0.2) is 28.4 Å². The minimum Gasteiger partial charge on any atom is -0.465 e. The van der Waals surface area contributed by atoms with Gasteiger partial charge in [-0.25, -0.2) is 4.68 Å². The molecule has 1 aromatic rings. The van der Waals surface area contributed by atoms with Gasteiger partial charge in [0.2, 0.25) is 0 Å². The molecule has 0 amide bonds. The van der Waals surface area contributed by atoms with E-state index < -0.39 is 11.5 Å². The van der Waals surface area contributed by atoms with Gasteiger partial charge in [-0.3, -0.25) is 9.59 Å². The van der Waals surface area contributed by atoms with Gasteiger partial charge in [0.1, 0.15) is 11.6 Å². The van der Waals surface area contributed by atoms with Gasteiger partial charge in [-0.05, 0) is 42.9 Å². The Kier molecular flexibility index (Phi) is 4.84. The summed E-state index contributed by atoms with van der Waals surface area (Å²) in [4.78, 5) is 23.9. The van der Waals surface area contributed by atoms with Gasteiger partial charge < -0.3 is 10.1 Å². The highest BCUT2D eigenvalue weighted by molar-refractivity contribution is 6.32. The van der Waals surface area contributed by atoms with Gasteiger partial charge in [0.15, 0.2) is 0 Å². The van der Waals surface area contributed by atoms with E-state index in [4.69, 9.17) is 16.3 Å². The number of aromatic nitrogens is 2. The quantitative estimate of drug-likeness (QED) is 0.810. The van der Waals surface area contributed by atoms with E-state index in [9.17, 15) is 9.59 Å². The van der Waals surface area contributed by atoms with Crippen molar-refractivity contribution in [3.8, 4) is 0 Å². The third-order valence-electron chi connectivity index (χ3n) is 6.26. The van der Waals surface area contributed by atoms with E-state index in [1.54, 1.807) is 6.92 Å². The van der Waals surface area contributed by atoms with Crippen molar-refractivity contribution in [1.82, 2.24) is 9.78 Å². The Morgan fingerprint density at radius 1 is 1.48 bits per heavy atom. The number of esters is 1. The molecule has 1 heterocycles. The molecule has 2 bridgehead atoms. The summed E-state index contributed by atoms with van der Waals surface area (Å²) >= 11 is 6.24. The van der Waals surface area contributed by atoms with Gasteiger partial charge in [0.25, 0.3) is 5.56 Å². The molecule has 0 spiro atoms. The van der Waals surface area contributed by atoms with Crippen LogP contribution in [0.3, 0.4) is 0 Å². The molecule has 0 aliphatic heterocycles. The second-order valence-corrected chi connectivity index (χ2v) is 8.22. The lowest BCUT2D eigenvalue weighted by molar-refractivity contribution is -0.144. The van der Waals surface area contributed by atoms with Crippen LogP contribution in [0.25, 0.3) is 0 Å². The standard InChI is InChI=1S/C18H26ClN3O3/c1-5-25-15(23)9-22-17(24)16(19)14(8-20-22)21-13-7-11-6-12(10(13)2)18(11,3)4/h8,10-13,21H,5-7,9H2,1-4H3/t10-,11+,12-,13-/m1/s1. The number of ether oxygens (including phenoxy) is 1. The van der Waals surface area contributed by atoms with Crippen LogP contribution in [0.4, 0.5) is 5.69 Å². The summed E-state index contributed by atoms with van der Waals surface area (Å²) in [5.74, 6) is 1.41. The molecule has 4 rings (SSSR count). The van der Waals surface area contributed by atoms with Crippen molar-refractivity contribution in [2.24, 2.45) is 23.2 Å². The zero-order valence-corrected chi connectivity index (χ0v) is 16.0. The topological polar surface area (TPSA) is 73.2 Å². The molecule has 3 aliphatic carbocycles. The SMILES string of the molecule is CCOC(=O)Cn1ncc(N[C@@H]2C[C@@H]3C[C@H]([C@H]2C)C3(C)C)c(Cl)c1=O. The first-order chi connectivity index (χ1) is 11.8. The Labute approximate surface area is 152 Å². The van der Waals surface area contributed by atoms with Crippen molar-refractivity contribution in [2.45, 2.75) is 53.1 Å². The fourth-order valence-electron chi connectivity index (χ4n) is 4.55. The van der Waals surface area contributed by atoms with E-state index in [0.29, 0.717) is 28.9 Å². The van der Waals surface area contributed by atoms with Gasteiger partial charge in [-0.1, -0.05) is 32.4 Å². The number of anilines is 1. The van der Waals surface area contributed by atoms with E-state index in [2.05, 4.69) is 31.2 Å². The van der Waals surface area contributed by atoms with E-state index in [-0.39, 0.29) is 24.2 Å². The summed E-state index contributed by atoms with van der Waals surface area (Å²) in [6.07, 6.45) is 3.90. The van der Waals surface area contributed by atoms with Crippen molar-refractivity contribution in [1.29, 1.82) is 0 Å². The van der Waals surface area contributed by atoms with E-state index in [0.717, 1.165) is 11.1 Å². The third-order valence-corrected chi connectivity index (χ3v) is 6.63. The largest absolute Gasteiger partial charge is 0.465 e. The Bertz CT molecular complexity index is 731. The number of fused-ring (bicyclic) bond motifs is 2. The second kappa shape index (κ2) is 6.63. The Morgan fingerprint density at radius 2 is 2.20 bits per heavy atom. The monoisotopic (exact) mass is 367 g/mol. The van der Waals surface area contributed by atoms with Crippen LogP contribution in [-0.2, 0) is 16.1 Å². The van der Waals surface area contributed by atoms with Gasteiger partial charge in [0.05, 0.1) is 18.5 Å². The van der Waals surface area contributed by atoms with E-state index >= 15 is 0 Å². The average molecular weight is 368 g/mol. The lowest BCUT2D eigenvalue weighted by atomic mass is 9.45. The number of hydrogen-bond donors (Lipinski definition) is 1. The summed E-state index contributed by atoms with van der Waals surface area (Å²) in [5.41, 5.74) is 0.472. The highest BCUT2D eigenvalue weighted by Crippen LogP contribution is 2.61. The molecular weight excluding hydrogens is 342 g/mol. The number of rotatable bonds is 5. The van der Waals surface area contributed by atoms with E-state index in [1.165, 1.54) is 12.6 Å². The predicted octanol–water partition coefficient (Wildman–Crippen LogP) is 2.94. The molecular formula is C18H26ClN3O3. The summed E-state index contributed by atoms with van der Waals surface area (Å²) in [6.45, 7) is 8.71. The molecule has 1 aromatic heterocycles. The fourth-order valence-corrected chi connectivity index (χ4v) is 4.75. The van der Waals surface area contributed by atoms with Crippen LogP contribution in [0.1, 0.15) is 40.5 Å². The van der Waals surface area contributed by atoms with Gasteiger partial charge in [-0.15, -0.1) is 0 Å². The molecule has 3 aliphatic rings. The molecule has 0 radical (unpaired) electrons. The van der Waals surface area contributed by atoms with Crippen molar-refractivity contribution in [3.05, 3.63) is 21.6 Å². The molecule has 0 unspecified atom stereocenters. The Balaban J connectivity index is 1.73. The highest BCUT2D eigenvalue weighted by atomic mass is 35.5. The molecule has 1 N–H and O–H groups in total. The number of nitrogens with one attached hydrogen (secondary N) is 1. The summed E-state index contributed by atoms with van der Waals surface area (Å²) in [7, 11) is 0. The summed E-state index contributed by atoms with van der Waals surface area (Å²) in [5, 5.41) is 7.56. The summed E-state index contributed by atoms with van der Waals surface area (Å²) < 4.78 is 5.88. The molecule has 138 valence electrons. The highest BCUT2D eigenvalue weighted by Gasteiger charge is 2.56. The number of carbonyl (C=O) groups is 1. The maximum atomic E-state index is 12.3. The predicted molar refractivity (Wildman–Crippen MR) is 96.7 cm³/mol. The number of halogens is 1. The lowest BCUT2D eigenvalue weighted by Crippen LogP contribution is -2.58. The van der Waals surface area contributed by atoms with Crippen LogP contribution in [0.15, 0.2) is 11.0 Å². The molecule has 6 nitrogen and oxygen atoms in total. The van der Waals surface area contributed by atoms with Crippen LogP contribution in [0, 0.1) is 23.2 Å². The third kappa shape index (κ3) is 3.16. The van der Waals surface area contributed by atoms with Crippen molar-refractivity contribution >= 4 is 23.3 Å². The minimum atomic E-state index is -0.503. The molecule has 25 heavy (non-hydrogen) atoms. The van der Waals surface area contributed by atoms with Crippen LogP contribution in [0.2, 0.25) is 5.02 Å². The first-order valence-electron chi connectivity index (χ1n) is 8.93. The van der Waals surface area contributed by atoms with Crippen LogP contribution < -0.4 is 10.9 Å². The van der Waals surface area contributed by atoms with Crippen LogP contribution >= 0.6 is 11.6 Å². The van der Waals surface area contributed by atoms with Crippen LogP contribution in [0.5, 0.6) is 0 Å². The van der Waals surface area contributed by atoms with Crippen molar-refractivity contribution in [3.63, 3.8) is 0 Å². The van der Waals surface area contributed by atoms with Crippen molar-refractivity contribution in [2.75, 3.05) is 11.9 Å². The fraction of sp³-hybridized carbons (Fsp3) is 0.722. The van der Waals surface area contributed by atoms with Gasteiger partial charge in [0, 0.05) is 6.04 Å². The molecule has 3 saturated carbocycles. The average Bonchev–Trinajstić information content (AvgIpc) is 2.55. The molecule has 0 saturated heterocycles. The Hall–Kier alpha value is -1.56. The maximum absolute atomic E-state index is 12.3. The number of nitrogens with zero attached hydrogens (tertiary/aromatic N) is 2. The minimum absolute atomic E-state index is 0.0741. The second-order valence-electron chi connectivity index (χ2n) is 7.85. The normalized spacial score (nSPS) is 29.6. The zero-order chi connectivity index (χ0) is 18.4. The first-order valence-corrected chi connectivity index (χ1v) is 9.31.